The first kappa shape index (κ1) is 17.6. The van der Waals surface area contributed by atoms with E-state index in [-0.39, 0.29) is 11.8 Å². The highest BCUT2D eigenvalue weighted by Gasteiger charge is 2.26. The summed E-state index contributed by atoms with van der Waals surface area (Å²) in [7, 11) is -2.97. The highest BCUT2D eigenvalue weighted by molar-refractivity contribution is 7.92. The Labute approximate surface area is 140 Å². The van der Waals surface area contributed by atoms with Crippen molar-refractivity contribution in [2.75, 3.05) is 12.4 Å². The summed E-state index contributed by atoms with van der Waals surface area (Å²) in [6.45, 7) is 1.63. The summed E-state index contributed by atoms with van der Waals surface area (Å²) in [6.07, 6.45) is 0. The largest absolute Gasteiger partial charge is 0.481 e. The molecule has 3 N–H and O–H groups in total. The van der Waals surface area contributed by atoms with Gasteiger partial charge in [0.15, 0.2) is 4.21 Å². The molecule has 12 heteroatoms. The van der Waals surface area contributed by atoms with Crippen LogP contribution in [-0.4, -0.2) is 42.6 Å². The standard InChI is InChI=1S/C12H12N4O6S2/c1-6-5-8(22-2)14-11(13-6)15-12(19)16-24(20,21)10-7(9(17)18)3-4-23-10/h3-5H,1-2H3,(H,17,18)(H2,13,14,15,16,19). The van der Waals surface area contributed by atoms with Crippen LogP contribution < -0.4 is 14.8 Å². The Kier molecular flexibility index (Phi) is 4.99. The van der Waals surface area contributed by atoms with E-state index in [0.29, 0.717) is 17.0 Å². The average molecular weight is 372 g/mol. The van der Waals surface area contributed by atoms with Crippen LogP contribution >= 0.6 is 11.3 Å². The number of sulfonamides is 1. The van der Waals surface area contributed by atoms with Gasteiger partial charge in [0, 0.05) is 11.8 Å². The van der Waals surface area contributed by atoms with Crippen molar-refractivity contribution in [3.63, 3.8) is 0 Å². The fraction of sp³-hybridized carbons (Fsp3) is 0.167. The smallest absolute Gasteiger partial charge is 0.337 e. The Hall–Kier alpha value is -2.73. The van der Waals surface area contributed by atoms with E-state index in [1.165, 1.54) is 18.6 Å². The van der Waals surface area contributed by atoms with Crippen LogP contribution in [0.1, 0.15) is 16.1 Å². The lowest BCUT2D eigenvalue weighted by atomic mass is 10.4. The van der Waals surface area contributed by atoms with Crippen molar-refractivity contribution >= 4 is 39.3 Å². The molecule has 0 bridgehead atoms. The first-order valence-electron chi connectivity index (χ1n) is 6.27. The summed E-state index contributed by atoms with van der Waals surface area (Å²) < 4.78 is 30.4. The Morgan fingerprint density at radius 1 is 1.33 bits per heavy atom. The van der Waals surface area contributed by atoms with E-state index >= 15 is 0 Å². The molecule has 0 radical (unpaired) electrons. The third-order valence-corrected chi connectivity index (χ3v) is 5.41. The number of hydrogen-bond donors (Lipinski definition) is 3. The van der Waals surface area contributed by atoms with E-state index < -0.39 is 31.8 Å². The highest BCUT2D eigenvalue weighted by atomic mass is 32.2. The van der Waals surface area contributed by atoms with Crippen molar-refractivity contribution in [2.24, 2.45) is 0 Å². The predicted octanol–water partition coefficient (Wildman–Crippen LogP) is 1.06. The van der Waals surface area contributed by atoms with Crippen LogP contribution in [0.4, 0.5) is 10.7 Å². The molecule has 0 atom stereocenters. The fourth-order valence-corrected chi connectivity index (χ4v) is 3.90. The molecule has 2 amide bonds. The molecule has 2 heterocycles. The van der Waals surface area contributed by atoms with Crippen molar-refractivity contribution < 1.29 is 27.9 Å². The quantitative estimate of drug-likeness (QED) is 0.706. The zero-order valence-corrected chi connectivity index (χ0v) is 14.1. The molecule has 2 aromatic rings. The molecule has 24 heavy (non-hydrogen) atoms. The van der Waals surface area contributed by atoms with E-state index in [1.807, 2.05) is 0 Å². The van der Waals surface area contributed by atoms with Gasteiger partial charge in [0.05, 0.1) is 12.7 Å². The highest BCUT2D eigenvalue weighted by Crippen LogP contribution is 2.22. The molecule has 0 aliphatic carbocycles. The minimum atomic E-state index is -4.35. The van der Waals surface area contributed by atoms with Crippen LogP contribution in [-0.2, 0) is 10.0 Å². The third kappa shape index (κ3) is 3.97. The number of carbonyl (C=O) groups is 2. The minimum Gasteiger partial charge on any atom is -0.481 e. The van der Waals surface area contributed by atoms with Crippen molar-refractivity contribution in [3.05, 3.63) is 28.8 Å². The lowest BCUT2D eigenvalue weighted by Crippen LogP contribution is -2.35. The normalized spacial score (nSPS) is 10.9. The number of carbonyl (C=O) groups excluding carboxylic acids is 1. The maximum atomic E-state index is 12.1. The number of carboxylic acids is 1. The predicted molar refractivity (Wildman–Crippen MR) is 83.9 cm³/mol. The molecule has 0 unspecified atom stereocenters. The summed E-state index contributed by atoms with van der Waals surface area (Å²) >= 11 is 0.679. The van der Waals surface area contributed by atoms with Gasteiger partial charge in [-0.3, -0.25) is 5.32 Å². The van der Waals surface area contributed by atoms with Crippen LogP contribution in [0.25, 0.3) is 0 Å². The van der Waals surface area contributed by atoms with Gasteiger partial charge >= 0.3 is 12.0 Å². The van der Waals surface area contributed by atoms with Crippen LogP contribution in [0.3, 0.4) is 0 Å². The number of anilines is 1. The first-order chi connectivity index (χ1) is 11.2. The van der Waals surface area contributed by atoms with E-state index in [2.05, 4.69) is 15.3 Å². The lowest BCUT2D eigenvalue weighted by molar-refractivity contribution is 0.0693. The van der Waals surface area contributed by atoms with Gasteiger partial charge in [-0.1, -0.05) is 0 Å². The van der Waals surface area contributed by atoms with Gasteiger partial charge in [-0.2, -0.15) is 4.98 Å². The van der Waals surface area contributed by atoms with E-state index in [0.717, 1.165) is 6.07 Å². The van der Waals surface area contributed by atoms with Crippen LogP contribution in [0.15, 0.2) is 21.7 Å². The van der Waals surface area contributed by atoms with E-state index in [1.54, 1.807) is 11.6 Å². The molecule has 2 aromatic heterocycles. The summed E-state index contributed by atoms with van der Waals surface area (Å²) in [4.78, 5) is 30.6. The number of urea groups is 1. The Bertz CT molecular complexity index is 893. The fourth-order valence-electron chi connectivity index (χ4n) is 1.66. The number of nitrogens with zero attached hydrogens (tertiary/aromatic N) is 2. The number of methoxy groups -OCH3 is 1. The maximum Gasteiger partial charge on any atom is 0.337 e. The average Bonchev–Trinajstić information content (AvgIpc) is 2.96. The summed E-state index contributed by atoms with van der Waals surface area (Å²) in [5.74, 6) is -1.39. The second-order valence-corrected chi connectivity index (χ2v) is 7.16. The molecule has 128 valence electrons. The Balaban J connectivity index is 2.18. The number of hydrogen-bond acceptors (Lipinski definition) is 8. The van der Waals surface area contributed by atoms with Crippen molar-refractivity contribution in [2.45, 2.75) is 11.1 Å². The molecule has 0 saturated carbocycles. The van der Waals surface area contributed by atoms with Crippen LogP contribution in [0.2, 0.25) is 0 Å². The van der Waals surface area contributed by atoms with Crippen molar-refractivity contribution in [1.29, 1.82) is 0 Å². The van der Waals surface area contributed by atoms with Gasteiger partial charge < -0.3 is 9.84 Å². The number of amides is 2. The molecule has 2 rings (SSSR count). The number of nitrogens with one attached hydrogen (secondary N) is 2. The Morgan fingerprint density at radius 3 is 2.67 bits per heavy atom. The maximum absolute atomic E-state index is 12.1. The van der Waals surface area contributed by atoms with Crippen molar-refractivity contribution in [1.82, 2.24) is 14.7 Å². The number of carboxylic acid groups (broad SMARTS) is 1. The molecule has 0 saturated heterocycles. The molecule has 10 nitrogen and oxygen atoms in total. The number of ether oxygens (including phenoxy) is 1. The molecule has 0 aliphatic heterocycles. The molecular weight excluding hydrogens is 360 g/mol. The number of thiophene rings is 1. The summed E-state index contributed by atoms with van der Waals surface area (Å²) in [5, 5.41) is 12.4. The molecule has 0 spiro atoms. The SMILES string of the molecule is COc1cc(C)nc(NC(=O)NS(=O)(=O)c2sccc2C(=O)O)n1. The third-order valence-electron chi connectivity index (χ3n) is 2.60. The Morgan fingerprint density at radius 2 is 2.04 bits per heavy atom. The lowest BCUT2D eigenvalue weighted by Gasteiger charge is -2.08. The number of aromatic nitrogens is 2. The van der Waals surface area contributed by atoms with Gasteiger partial charge in [0.1, 0.15) is 0 Å². The minimum absolute atomic E-state index is 0.163. The second-order valence-electron chi connectivity index (χ2n) is 4.36. The molecule has 0 fully saturated rings. The first-order valence-corrected chi connectivity index (χ1v) is 8.63. The summed E-state index contributed by atoms with van der Waals surface area (Å²) in [5.41, 5.74) is 0.0696. The number of aryl methyl sites for hydroxylation is 1. The van der Waals surface area contributed by atoms with E-state index in [4.69, 9.17) is 9.84 Å². The van der Waals surface area contributed by atoms with Gasteiger partial charge in [-0.05, 0) is 18.4 Å². The van der Waals surface area contributed by atoms with Gasteiger partial charge in [0.2, 0.25) is 11.8 Å². The van der Waals surface area contributed by atoms with Crippen LogP contribution in [0.5, 0.6) is 5.88 Å². The van der Waals surface area contributed by atoms with Gasteiger partial charge in [-0.15, -0.1) is 11.3 Å². The van der Waals surface area contributed by atoms with Crippen LogP contribution in [0, 0.1) is 6.92 Å². The van der Waals surface area contributed by atoms with Gasteiger partial charge in [0.25, 0.3) is 10.0 Å². The topological polar surface area (TPSA) is 148 Å². The van der Waals surface area contributed by atoms with Gasteiger partial charge in [-0.25, -0.2) is 27.7 Å². The zero-order valence-electron chi connectivity index (χ0n) is 12.4. The monoisotopic (exact) mass is 372 g/mol. The zero-order chi connectivity index (χ0) is 17.9. The molecule has 0 aliphatic rings. The second kappa shape index (κ2) is 6.80. The molecular formula is C12H12N4O6S2. The molecule has 0 aromatic carbocycles. The number of rotatable bonds is 5. The van der Waals surface area contributed by atoms with E-state index in [9.17, 15) is 18.0 Å². The summed E-state index contributed by atoms with van der Waals surface area (Å²) in [6, 6.07) is 1.52. The number of aromatic carboxylic acids is 1. The van der Waals surface area contributed by atoms with Crippen molar-refractivity contribution in [3.8, 4) is 5.88 Å².